The van der Waals surface area contributed by atoms with Crippen molar-refractivity contribution in [3.05, 3.63) is 47.5 Å². The summed E-state index contributed by atoms with van der Waals surface area (Å²) in [4.78, 5) is 0. The molecule has 2 rings (SSSR count). The Balaban J connectivity index is 0. The molecule has 5 N–H and O–H groups in total. The molecule has 8 heteroatoms. The van der Waals surface area contributed by atoms with E-state index < -0.39 is 24.4 Å². The lowest BCUT2D eigenvalue weighted by Gasteiger charge is -2.34. The van der Waals surface area contributed by atoms with Crippen LogP contribution in [-0.4, -0.2) is 57.9 Å². The second kappa shape index (κ2) is 13.9. The van der Waals surface area contributed by atoms with Gasteiger partial charge in [0.2, 0.25) is 0 Å². The number of aryl methyl sites for hydroxylation is 1. The first-order chi connectivity index (χ1) is 10.6. The minimum atomic E-state index is -1.27. The summed E-state index contributed by atoms with van der Waals surface area (Å²) in [7, 11) is 0. The van der Waals surface area contributed by atoms with E-state index in [9.17, 15) is 20.4 Å². The lowest BCUT2D eigenvalue weighted by molar-refractivity contribution is -0.0641. The predicted octanol–water partition coefficient (Wildman–Crippen LogP) is 0.321. The molecule has 0 aromatic heterocycles. The van der Waals surface area contributed by atoms with Crippen molar-refractivity contribution in [2.24, 2.45) is 0 Å². The summed E-state index contributed by atoms with van der Waals surface area (Å²) in [5.41, 5.74) is 1.65. The molecule has 0 heterocycles. The lowest BCUT2D eigenvalue weighted by atomic mass is 9.88. The molecule has 1 aromatic carbocycles. The first-order valence-electron chi connectivity index (χ1n) is 7.76. The molecule has 0 bridgehead atoms. The van der Waals surface area contributed by atoms with Gasteiger partial charge in [0, 0.05) is 0 Å². The number of hydrogen-bond acceptors (Lipinski definition) is 5. The molecule has 0 radical (unpaired) electrons. The Labute approximate surface area is 170 Å². The quantitative estimate of drug-likeness (QED) is 0.330. The summed E-state index contributed by atoms with van der Waals surface area (Å²) in [6, 6.07) is 9.82. The molecule has 146 valence electrons. The van der Waals surface area contributed by atoms with Crippen molar-refractivity contribution in [1.29, 1.82) is 0 Å². The number of aliphatic hydroxyl groups excluding tert-OH is 4. The smallest absolute Gasteiger partial charge is 0.111 e. The molecular formula is C17H31NO4S3. The molecule has 0 saturated heterocycles. The molecule has 1 aromatic rings. The maximum absolute atomic E-state index is 9.96. The van der Waals surface area contributed by atoms with Gasteiger partial charge < -0.3 is 25.7 Å². The SMILES string of the molecule is OCC1=C[C@H](NCCCCc2ccccc2)[C@H](O)C(O)[C@@H]1O.S.S.S. The van der Waals surface area contributed by atoms with Gasteiger partial charge in [-0.05, 0) is 36.9 Å². The van der Waals surface area contributed by atoms with Crippen LogP contribution in [0.1, 0.15) is 18.4 Å². The average molecular weight is 410 g/mol. The molecular weight excluding hydrogens is 378 g/mol. The zero-order valence-electron chi connectivity index (χ0n) is 14.1. The van der Waals surface area contributed by atoms with Gasteiger partial charge in [0.25, 0.3) is 0 Å². The van der Waals surface area contributed by atoms with Gasteiger partial charge in [-0.3, -0.25) is 0 Å². The number of rotatable bonds is 7. The third kappa shape index (κ3) is 7.92. The summed E-state index contributed by atoms with van der Waals surface area (Å²) < 4.78 is 0. The van der Waals surface area contributed by atoms with Crippen LogP contribution in [0.25, 0.3) is 0 Å². The Kier molecular flexibility index (Phi) is 15.1. The largest absolute Gasteiger partial charge is 0.392 e. The maximum Gasteiger partial charge on any atom is 0.111 e. The van der Waals surface area contributed by atoms with Crippen molar-refractivity contribution >= 4 is 40.5 Å². The van der Waals surface area contributed by atoms with Gasteiger partial charge in [0.15, 0.2) is 0 Å². The third-order valence-corrected chi connectivity index (χ3v) is 4.11. The molecule has 0 fully saturated rings. The molecule has 0 spiro atoms. The van der Waals surface area contributed by atoms with E-state index in [1.807, 2.05) is 18.2 Å². The van der Waals surface area contributed by atoms with Crippen LogP contribution in [-0.2, 0) is 6.42 Å². The number of benzene rings is 1. The molecule has 25 heavy (non-hydrogen) atoms. The van der Waals surface area contributed by atoms with Gasteiger partial charge in [0.05, 0.1) is 12.6 Å². The normalized spacial score (nSPS) is 25.0. The molecule has 0 aliphatic heterocycles. The highest BCUT2D eigenvalue weighted by atomic mass is 32.1. The van der Waals surface area contributed by atoms with Crippen molar-refractivity contribution in [2.75, 3.05) is 13.2 Å². The Hall–Kier alpha value is -0.190. The summed E-state index contributed by atoms with van der Waals surface area (Å²) in [6.45, 7) is 0.379. The van der Waals surface area contributed by atoms with E-state index in [1.165, 1.54) is 5.56 Å². The summed E-state index contributed by atoms with van der Waals surface area (Å²) in [5.74, 6) is 0. The molecule has 0 saturated carbocycles. The standard InChI is InChI=1S/C17H25NO4.3H2S/c19-11-13-10-14(16(21)17(22)15(13)20)18-9-5-4-8-12-6-2-1-3-7-12;;;/h1-3,6-7,10,14-22H,4-5,8-9,11H2;3*1H2/t14-,15+,16-,17?;;;/m0.../s1. The first-order valence-corrected chi connectivity index (χ1v) is 7.76. The van der Waals surface area contributed by atoms with Crippen LogP contribution in [0.15, 0.2) is 42.0 Å². The van der Waals surface area contributed by atoms with Crippen molar-refractivity contribution in [1.82, 2.24) is 5.32 Å². The van der Waals surface area contributed by atoms with Gasteiger partial charge in [0.1, 0.15) is 18.3 Å². The Morgan fingerprint density at radius 1 is 0.880 bits per heavy atom. The topological polar surface area (TPSA) is 93.0 Å². The Bertz CT molecular complexity index is 490. The van der Waals surface area contributed by atoms with E-state index >= 15 is 0 Å². The fourth-order valence-corrected chi connectivity index (χ4v) is 2.74. The van der Waals surface area contributed by atoms with E-state index in [1.54, 1.807) is 6.08 Å². The molecule has 1 aliphatic rings. The summed E-state index contributed by atoms with van der Waals surface area (Å²) >= 11 is 0. The second-order valence-corrected chi connectivity index (χ2v) is 5.75. The van der Waals surface area contributed by atoms with Gasteiger partial charge in [-0.1, -0.05) is 36.4 Å². The fraction of sp³-hybridized carbons (Fsp3) is 0.529. The highest BCUT2D eigenvalue weighted by Crippen LogP contribution is 2.20. The number of nitrogens with one attached hydrogen (secondary N) is 1. The number of aliphatic hydroxyl groups is 4. The fourth-order valence-electron chi connectivity index (χ4n) is 2.74. The third-order valence-electron chi connectivity index (χ3n) is 4.11. The molecule has 5 nitrogen and oxygen atoms in total. The Morgan fingerprint density at radius 3 is 2.12 bits per heavy atom. The highest BCUT2D eigenvalue weighted by Gasteiger charge is 2.36. The van der Waals surface area contributed by atoms with Crippen LogP contribution in [0.3, 0.4) is 0 Å². The van der Waals surface area contributed by atoms with Gasteiger partial charge in [-0.2, -0.15) is 40.5 Å². The van der Waals surface area contributed by atoms with Crippen LogP contribution in [0.4, 0.5) is 0 Å². The second-order valence-electron chi connectivity index (χ2n) is 5.75. The van der Waals surface area contributed by atoms with Crippen LogP contribution in [0.2, 0.25) is 0 Å². The van der Waals surface area contributed by atoms with Gasteiger partial charge in [-0.25, -0.2) is 0 Å². The van der Waals surface area contributed by atoms with Gasteiger partial charge in [-0.15, -0.1) is 0 Å². The zero-order chi connectivity index (χ0) is 15.9. The molecule has 1 aliphatic carbocycles. The van der Waals surface area contributed by atoms with Crippen molar-refractivity contribution in [2.45, 2.75) is 43.6 Å². The Morgan fingerprint density at radius 2 is 1.52 bits per heavy atom. The van der Waals surface area contributed by atoms with Crippen molar-refractivity contribution < 1.29 is 20.4 Å². The minimum absolute atomic E-state index is 0. The lowest BCUT2D eigenvalue weighted by Crippen LogP contribution is -2.54. The monoisotopic (exact) mass is 409 g/mol. The summed E-state index contributed by atoms with van der Waals surface area (Å²) in [5, 5.41) is 41.8. The van der Waals surface area contributed by atoms with Crippen LogP contribution in [0.5, 0.6) is 0 Å². The predicted molar refractivity (Wildman–Crippen MR) is 116 cm³/mol. The number of hydrogen-bond donors (Lipinski definition) is 5. The minimum Gasteiger partial charge on any atom is -0.392 e. The van der Waals surface area contributed by atoms with E-state index in [0.717, 1.165) is 19.3 Å². The van der Waals surface area contributed by atoms with E-state index in [4.69, 9.17) is 0 Å². The average Bonchev–Trinajstić information content (AvgIpc) is 2.55. The van der Waals surface area contributed by atoms with Crippen LogP contribution in [0, 0.1) is 0 Å². The van der Waals surface area contributed by atoms with Crippen molar-refractivity contribution in [3.63, 3.8) is 0 Å². The van der Waals surface area contributed by atoms with Crippen molar-refractivity contribution in [3.8, 4) is 0 Å². The van der Waals surface area contributed by atoms with Crippen LogP contribution >= 0.6 is 40.5 Å². The zero-order valence-corrected chi connectivity index (χ0v) is 17.1. The maximum atomic E-state index is 9.96. The molecule has 0 amide bonds. The first kappa shape index (κ1) is 27.0. The van der Waals surface area contributed by atoms with Crippen LogP contribution < -0.4 is 5.32 Å². The van der Waals surface area contributed by atoms with Gasteiger partial charge >= 0.3 is 0 Å². The highest BCUT2D eigenvalue weighted by molar-refractivity contribution is 7.59. The number of unbranched alkanes of at least 4 members (excludes halogenated alkanes) is 1. The van der Waals surface area contributed by atoms with E-state index in [2.05, 4.69) is 17.4 Å². The molecule has 1 unspecified atom stereocenters. The molecule has 4 atom stereocenters. The van der Waals surface area contributed by atoms with E-state index in [0.29, 0.717) is 12.1 Å². The van der Waals surface area contributed by atoms with E-state index in [-0.39, 0.29) is 47.1 Å². The summed E-state index contributed by atoms with van der Waals surface area (Å²) in [6.07, 6.45) is 1.05.